The number of aliphatic hydroxyl groups is 1. The van der Waals surface area contributed by atoms with Crippen molar-refractivity contribution in [3.05, 3.63) is 35.2 Å². The number of hydrogen-bond donors (Lipinski definition) is 2. The zero-order valence-corrected chi connectivity index (χ0v) is 17.5. The van der Waals surface area contributed by atoms with Crippen LogP contribution in [0, 0.1) is 17.8 Å². The van der Waals surface area contributed by atoms with Crippen LogP contribution in [0.5, 0.6) is 0 Å². The van der Waals surface area contributed by atoms with Crippen LogP contribution in [-0.2, 0) is 16.0 Å². The van der Waals surface area contributed by atoms with Crippen molar-refractivity contribution in [3.8, 4) is 11.8 Å². The summed E-state index contributed by atoms with van der Waals surface area (Å²) in [6, 6.07) is 2.12. The van der Waals surface area contributed by atoms with Crippen LogP contribution >= 0.6 is 0 Å². The molecule has 0 bridgehead atoms. The van der Waals surface area contributed by atoms with Crippen molar-refractivity contribution in [2.24, 2.45) is 5.92 Å². The summed E-state index contributed by atoms with van der Waals surface area (Å²) in [5, 5.41) is 10.1. The van der Waals surface area contributed by atoms with Gasteiger partial charge in [-0.1, -0.05) is 17.9 Å². The molecule has 2 aliphatic rings. The minimum Gasteiger partial charge on any atom is -0.395 e. The Labute approximate surface area is 177 Å². The van der Waals surface area contributed by atoms with Crippen LogP contribution in [0.15, 0.2) is 18.3 Å². The van der Waals surface area contributed by atoms with Crippen molar-refractivity contribution in [1.29, 1.82) is 0 Å². The standard InChI is InChI=1S/C24H29N3O3/c1-17(29)27-9-5-20(6-10-27)23-21(14-18-7-12-30-13-8-18)22-15-19(4-2-3-11-28)16-25-24(22)26-23/h5,15-16,18,28H,3,6-14H2,1H3,(H,25,26). The van der Waals surface area contributed by atoms with E-state index in [2.05, 4.69) is 34.0 Å². The van der Waals surface area contributed by atoms with Gasteiger partial charge in [0.2, 0.25) is 5.91 Å². The Morgan fingerprint density at radius 2 is 2.23 bits per heavy atom. The molecular formula is C24H29N3O3. The van der Waals surface area contributed by atoms with E-state index in [1.54, 1.807) is 13.1 Å². The molecule has 2 aliphatic heterocycles. The van der Waals surface area contributed by atoms with Gasteiger partial charge in [-0.3, -0.25) is 4.79 Å². The van der Waals surface area contributed by atoms with Gasteiger partial charge in [-0.25, -0.2) is 4.98 Å². The molecule has 0 unspecified atom stereocenters. The topological polar surface area (TPSA) is 78.5 Å². The van der Waals surface area contributed by atoms with Crippen molar-refractivity contribution >= 4 is 22.5 Å². The van der Waals surface area contributed by atoms with E-state index in [-0.39, 0.29) is 12.5 Å². The van der Waals surface area contributed by atoms with Crippen LogP contribution in [0.1, 0.15) is 49.4 Å². The maximum absolute atomic E-state index is 11.7. The first-order valence-corrected chi connectivity index (χ1v) is 10.8. The number of rotatable bonds is 4. The maximum Gasteiger partial charge on any atom is 0.219 e. The summed E-state index contributed by atoms with van der Waals surface area (Å²) in [5.41, 5.74) is 5.48. The summed E-state index contributed by atoms with van der Waals surface area (Å²) in [6.45, 7) is 4.75. The number of aromatic amines is 1. The van der Waals surface area contributed by atoms with Crippen LogP contribution in [-0.4, -0.2) is 58.8 Å². The molecule has 158 valence electrons. The maximum atomic E-state index is 11.7. The van der Waals surface area contributed by atoms with Gasteiger partial charge in [0.1, 0.15) is 5.65 Å². The minimum absolute atomic E-state index is 0.0669. The lowest BCUT2D eigenvalue weighted by Gasteiger charge is -2.26. The van der Waals surface area contributed by atoms with E-state index in [1.165, 1.54) is 11.1 Å². The monoisotopic (exact) mass is 407 g/mol. The normalized spacial score (nSPS) is 17.5. The van der Waals surface area contributed by atoms with Crippen LogP contribution in [0.4, 0.5) is 0 Å². The minimum atomic E-state index is 0.0669. The summed E-state index contributed by atoms with van der Waals surface area (Å²) in [4.78, 5) is 21.8. The number of amides is 1. The number of fused-ring (bicyclic) bond motifs is 1. The highest BCUT2D eigenvalue weighted by Gasteiger charge is 2.23. The number of hydrogen-bond acceptors (Lipinski definition) is 4. The Hall–Kier alpha value is -2.62. The van der Waals surface area contributed by atoms with E-state index in [0.29, 0.717) is 18.9 Å². The first kappa shape index (κ1) is 20.6. The lowest BCUT2D eigenvalue weighted by molar-refractivity contribution is -0.128. The van der Waals surface area contributed by atoms with Gasteiger partial charge >= 0.3 is 0 Å². The number of pyridine rings is 1. The number of aliphatic hydroxyl groups excluding tert-OH is 1. The second-order valence-corrected chi connectivity index (χ2v) is 8.08. The summed E-state index contributed by atoms with van der Waals surface area (Å²) < 4.78 is 5.55. The quantitative estimate of drug-likeness (QED) is 0.764. The molecule has 1 fully saturated rings. The molecule has 0 atom stereocenters. The van der Waals surface area contributed by atoms with Crippen molar-refractivity contribution in [3.63, 3.8) is 0 Å². The van der Waals surface area contributed by atoms with Gasteiger partial charge in [-0.2, -0.15) is 0 Å². The third-order valence-electron chi connectivity index (χ3n) is 6.04. The largest absolute Gasteiger partial charge is 0.395 e. The summed E-state index contributed by atoms with van der Waals surface area (Å²) in [7, 11) is 0. The van der Waals surface area contributed by atoms with E-state index in [0.717, 1.165) is 67.7 Å². The Kier molecular flexibility index (Phi) is 6.51. The molecule has 0 aromatic carbocycles. The number of carbonyl (C=O) groups excluding carboxylic acids is 1. The average molecular weight is 408 g/mol. The van der Waals surface area contributed by atoms with Crippen molar-refractivity contribution in [2.45, 2.75) is 39.0 Å². The van der Waals surface area contributed by atoms with Gasteiger partial charge in [0.15, 0.2) is 0 Å². The molecule has 6 nitrogen and oxygen atoms in total. The van der Waals surface area contributed by atoms with Gasteiger partial charge in [-0.15, -0.1) is 0 Å². The predicted octanol–water partition coefficient (Wildman–Crippen LogP) is 2.90. The van der Waals surface area contributed by atoms with Crippen molar-refractivity contribution < 1.29 is 14.6 Å². The zero-order chi connectivity index (χ0) is 20.9. The number of H-pyrrole nitrogens is 1. The predicted molar refractivity (Wildman–Crippen MR) is 117 cm³/mol. The molecule has 0 spiro atoms. The highest BCUT2D eigenvalue weighted by Crippen LogP contribution is 2.34. The Balaban J connectivity index is 1.71. The summed E-state index contributed by atoms with van der Waals surface area (Å²) in [6.07, 6.45) is 8.41. The van der Waals surface area contributed by atoms with Gasteiger partial charge in [0.05, 0.1) is 6.61 Å². The summed E-state index contributed by atoms with van der Waals surface area (Å²) in [5.74, 6) is 6.82. The summed E-state index contributed by atoms with van der Waals surface area (Å²) >= 11 is 0. The number of ether oxygens (including phenoxy) is 1. The molecular weight excluding hydrogens is 378 g/mol. The number of nitrogens with zero attached hydrogens (tertiary/aromatic N) is 2. The second kappa shape index (κ2) is 9.46. The molecule has 0 saturated carbocycles. The van der Waals surface area contributed by atoms with E-state index >= 15 is 0 Å². The SMILES string of the molecule is CC(=O)N1CC=C(c2[nH]c3ncc(C#CCCO)cc3c2CC2CCOCC2)CC1. The number of nitrogens with one attached hydrogen (secondary N) is 1. The third kappa shape index (κ3) is 4.58. The number of aromatic nitrogens is 2. The molecule has 1 amide bonds. The Bertz CT molecular complexity index is 1010. The molecule has 2 N–H and O–H groups in total. The number of carbonyl (C=O) groups is 1. The van der Waals surface area contributed by atoms with Crippen molar-refractivity contribution in [2.75, 3.05) is 32.9 Å². The highest BCUT2D eigenvalue weighted by atomic mass is 16.5. The fourth-order valence-corrected chi connectivity index (χ4v) is 4.32. The first-order chi connectivity index (χ1) is 14.7. The second-order valence-electron chi connectivity index (χ2n) is 8.08. The molecule has 4 rings (SSSR count). The van der Waals surface area contributed by atoms with E-state index in [4.69, 9.17) is 9.84 Å². The van der Waals surface area contributed by atoms with Crippen LogP contribution in [0.25, 0.3) is 16.6 Å². The third-order valence-corrected chi connectivity index (χ3v) is 6.04. The molecule has 0 radical (unpaired) electrons. The smallest absolute Gasteiger partial charge is 0.219 e. The van der Waals surface area contributed by atoms with Crippen LogP contribution in [0.3, 0.4) is 0 Å². The highest BCUT2D eigenvalue weighted by molar-refractivity contribution is 5.88. The Morgan fingerprint density at radius 3 is 2.93 bits per heavy atom. The fourth-order valence-electron chi connectivity index (χ4n) is 4.32. The van der Waals surface area contributed by atoms with Crippen LogP contribution in [0.2, 0.25) is 0 Å². The lowest BCUT2D eigenvalue weighted by atomic mass is 9.89. The molecule has 4 heterocycles. The Morgan fingerprint density at radius 1 is 1.40 bits per heavy atom. The van der Waals surface area contributed by atoms with Gasteiger partial charge in [-0.05, 0) is 48.8 Å². The zero-order valence-electron chi connectivity index (χ0n) is 17.5. The molecule has 2 aromatic rings. The molecule has 6 heteroatoms. The van der Waals surface area contributed by atoms with Gasteiger partial charge in [0, 0.05) is 62.5 Å². The molecule has 30 heavy (non-hydrogen) atoms. The van der Waals surface area contributed by atoms with Crippen molar-refractivity contribution in [1.82, 2.24) is 14.9 Å². The van der Waals surface area contributed by atoms with E-state index in [1.807, 2.05) is 4.90 Å². The molecule has 0 aliphatic carbocycles. The average Bonchev–Trinajstić information content (AvgIpc) is 3.12. The fraction of sp³-hybridized carbons (Fsp3) is 0.500. The molecule has 1 saturated heterocycles. The van der Waals surface area contributed by atoms with Crippen LogP contribution < -0.4 is 0 Å². The van der Waals surface area contributed by atoms with E-state index in [9.17, 15) is 4.79 Å². The van der Waals surface area contributed by atoms with E-state index < -0.39 is 0 Å². The lowest BCUT2D eigenvalue weighted by Crippen LogP contribution is -2.32. The van der Waals surface area contributed by atoms with Gasteiger partial charge < -0.3 is 19.7 Å². The van der Waals surface area contributed by atoms with Gasteiger partial charge in [0.25, 0.3) is 0 Å². The molecule has 2 aromatic heterocycles. The first-order valence-electron chi connectivity index (χ1n) is 10.8.